The zero-order valence-electron chi connectivity index (χ0n) is 10.7. The topological polar surface area (TPSA) is 71.9 Å². The Morgan fingerprint density at radius 3 is 2.19 bits per heavy atom. The second kappa shape index (κ2) is 5.04. The van der Waals surface area contributed by atoms with Crippen molar-refractivity contribution < 1.29 is 18.0 Å². The fourth-order valence-electron chi connectivity index (χ4n) is 1.76. The highest BCUT2D eigenvalue weighted by molar-refractivity contribution is 5.93. The number of nitrogens with one attached hydrogen (secondary N) is 1. The molecule has 0 aliphatic rings. The minimum atomic E-state index is -4.52. The van der Waals surface area contributed by atoms with Gasteiger partial charge in [-0.15, -0.1) is 0 Å². The van der Waals surface area contributed by atoms with Gasteiger partial charge >= 0.3 is 11.9 Å². The molecule has 0 unspecified atom stereocenters. The van der Waals surface area contributed by atoms with Gasteiger partial charge in [-0.3, -0.25) is 9.59 Å². The zero-order valence-corrected chi connectivity index (χ0v) is 10.7. The van der Waals surface area contributed by atoms with Crippen LogP contribution in [0.15, 0.2) is 40.1 Å². The Labute approximate surface area is 115 Å². The number of rotatable bonds is 2. The fraction of sp³-hybridized carbons (Fsp3) is 0.154. The van der Waals surface area contributed by atoms with Crippen LogP contribution in [-0.4, -0.2) is 15.3 Å². The molecule has 5 nitrogen and oxygen atoms in total. The summed E-state index contributed by atoms with van der Waals surface area (Å²) in [5, 5.41) is 0. The van der Waals surface area contributed by atoms with Gasteiger partial charge in [-0.1, -0.05) is 0 Å². The van der Waals surface area contributed by atoms with E-state index in [1.165, 1.54) is 0 Å². The van der Waals surface area contributed by atoms with E-state index < -0.39 is 28.8 Å². The van der Waals surface area contributed by atoms with E-state index in [-0.39, 0.29) is 11.3 Å². The van der Waals surface area contributed by atoms with E-state index in [0.717, 1.165) is 37.4 Å². The van der Waals surface area contributed by atoms with Gasteiger partial charge in [0.2, 0.25) is 0 Å². The normalized spacial score (nSPS) is 11.4. The lowest BCUT2D eigenvalue weighted by molar-refractivity contribution is -0.137. The van der Waals surface area contributed by atoms with Gasteiger partial charge < -0.3 is 4.98 Å². The lowest BCUT2D eigenvalue weighted by Gasteiger charge is -2.09. The van der Waals surface area contributed by atoms with Crippen molar-refractivity contribution in [1.29, 1.82) is 0 Å². The Kier molecular flexibility index (Phi) is 3.54. The first-order chi connectivity index (χ1) is 9.71. The molecule has 0 saturated heterocycles. The number of carbonyl (C=O) groups is 1. The molecule has 0 aliphatic heterocycles. The summed E-state index contributed by atoms with van der Waals surface area (Å²) in [6, 6.07) is 3.48. The molecule has 110 valence electrons. The second-order valence-electron chi connectivity index (χ2n) is 4.25. The first kappa shape index (κ1) is 14.8. The van der Waals surface area contributed by atoms with E-state index in [4.69, 9.17) is 0 Å². The number of aromatic amines is 1. The van der Waals surface area contributed by atoms with Crippen molar-refractivity contribution in [1.82, 2.24) is 9.55 Å². The van der Waals surface area contributed by atoms with E-state index in [9.17, 15) is 27.6 Å². The molecule has 0 aliphatic carbocycles. The Morgan fingerprint density at radius 2 is 1.71 bits per heavy atom. The summed E-state index contributed by atoms with van der Waals surface area (Å²) >= 11 is 0. The molecule has 2 rings (SSSR count). The highest BCUT2D eigenvalue weighted by Crippen LogP contribution is 2.29. The SMILES string of the molecule is CC(=O)c1c[nH]c(=O)n(-c2ccc(C(F)(F)F)cc2)c1=O. The van der Waals surface area contributed by atoms with Gasteiger partial charge in [0.15, 0.2) is 5.78 Å². The predicted molar refractivity (Wildman–Crippen MR) is 67.7 cm³/mol. The predicted octanol–water partition coefficient (Wildman–Crippen LogP) is 1.75. The van der Waals surface area contributed by atoms with Crippen molar-refractivity contribution in [3.8, 4) is 5.69 Å². The monoisotopic (exact) mass is 298 g/mol. The van der Waals surface area contributed by atoms with Gasteiger partial charge in [-0.05, 0) is 31.2 Å². The third-order valence-corrected chi connectivity index (χ3v) is 2.81. The van der Waals surface area contributed by atoms with Gasteiger partial charge in [0.05, 0.1) is 16.8 Å². The van der Waals surface area contributed by atoms with Crippen LogP contribution in [0, 0.1) is 0 Å². The summed E-state index contributed by atoms with van der Waals surface area (Å²) < 4.78 is 38.0. The number of carbonyl (C=O) groups excluding carboxylic acids is 1. The molecule has 0 bridgehead atoms. The number of hydrogen-bond acceptors (Lipinski definition) is 3. The lowest BCUT2D eigenvalue weighted by atomic mass is 10.2. The first-order valence-electron chi connectivity index (χ1n) is 5.75. The molecule has 0 spiro atoms. The van der Waals surface area contributed by atoms with Crippen LogP contribution in [0.5, 0.6) is 0 Å². The molecule has 1 heterocycles. The summed E-state index contributed by atoms with van der Waals surface area (Å²) in [6.45, 7) is 1.14. The van der Waals surface area contributed by atoms with Gasteiger partial charge in [0, 0.05) is 6.20 Å². The molecule has 0 fully saturated rings. The van der Waals surface area contributed by atoms with E-state index in [0.29, 0.717) is 4.57 Å². The third kappa shape index (κ3) is 2.78. The molecule has 2 aromatic rings. The second-order valence-corrected chi connectivity index (χ2v) is 4.25. The molecule has 1 aromatic carbocycles. The van der Waals surface area contributed by atoms with Crippen molar-refractivity contribution in [3.05, 3.63) is 62.4 Å². The fourth-order valence-corrected chi connectivity index (χ4v) is 1.76. The lowest BCUT2D eigenvalue weighted by Crippen LogP contribution is -2.36. The number of benzene rings is 1. The quantitative estimate of drug-likeness (QED) is 0.858. The van der Waals surface area contributed by atoms with Crippen LogP contribution in [0.25, 0.3) is 5.69 Å². The van der Waals surface area contributed by atoms with Crippen molar-refractivity contribution in [2.45, 2.75) is 13.1 Å². The van der Waals surface area contributed by atoms with Crippen LogP contribution < -0.4 is 11.2 Å². The molecular weight excluding hydrogens is 289 g/mol. The number of halogens is 3. The Morgan fingerprint density at radius 1 is 1.14 bits per heavy atom. The van der Waals surface area contributed by atoms with Crippen LogP contribution in [0.3, 0.4) is 0 Å². The van der Waals surface area contributed by atoms with E-state index in [1.54, 1.807) is 0 Å². The van der Waals surface area contributed by atoms with Crippen LogP contribution in [0.2, 0.25) is 0 Å². The highest BCUT2D eigenvalue weighted by atomic mass is 19.4. The average molecular weight is 298 g/mol. The number of nitrogens with zero attached hydrogens (tertiary/aromatic N) is 1. The summed E-state index contributed by atoms with van der Waals surface area (Å²) in [5.74, 6) is -0.558. The van der Waals surface area contributed by atoms with Gasteiger partial charge in [0.1, 0.15) is 0 Å². The minimum Gasteiger partial charge on any atom is -0.313 e. The number of ketones is 1. The summed E-state index contributed by atoms with van der Waals surface area (Å²) in [7, 11) is 0. The molecule has 1 aromatic heterocycles. The van der Waals surface area contributed by atoms with E-state index in [1.807, 2.05) is 0 Å². The van der Waals surface area contributed by atoms with Crippen LogP contribution in [-0.2, 0) is 6.18 Å². The number of alkyl halides is 3. The molecule has 0 radical (unpaired) electrons. The maximum atomic E-state index is 12.5. The van der Waals surface area contributed by atoms with Gasteiger partial charge in [0.25, 0.3) is 5.56 Å². The maximum Gasteiger partial charge on any atom is 0.416 e. The Balaban J connectivity index is 2.63. The molecule has 21 heavy (non-hydrogen) atoms. The Hall–Kier alpha value is -2.64. The third-order valence-electron chi connectivity index (χ3n) is 2.81. The number of hydrogen-bond donors (Lipinski definition) is 1. The number of aromatic nitrogens is 2. The van der Waals surface area contributed by atoms with Gasteiger partial charge in [-0.2, -0.15) is 13.2 Å². The number of Topliss-reactive ketones (excluding diaryl/α,β-unsaturated/α-hetero) is 1. The molecular formula is C13H9F3N2O3. The first-order valence-corrected chi connectivity index (χ1v) is 5.75. The van der Waals surface area contributed by atoms with Gasteiger partial charge in [-0.25, -0.2) is 9.36 Å². The maximum absolute atomic E-state index is 12.5. The van der Waals surface area contributed by atoms with E-state index >= 15 is 0 Å². The zero-order chi connectivity index (χ0) is 15.8. The van der Waals surface area contributed by atoms with Crippen molar-refractivity contribution in [2.24, 2.45) is 0 Å². The average Bonchev–Trinajstić information content (AvgIpc) is 2.38. The molecule has 0 atom stereocenters. The van der Waals surface area contributed by atoms with Crippen molar-refractivity contribution in [3.63, 3.8) is 0 Å². The molecule has 8 heteroatoms. The standard InChI is InChI=1S/C13H9F3N2O3/c1-7(19)10-6-17-12(21)18(11(10)20)9-4-2-8(3-5-9)13(14,15)16/h2-6H,1H3,(H,17,21). The van der Waals surface area contributed by atoms with Crippen molar-refractivity contribution in [2.75, 3.05) is 0 Å². The van der Waals surface area contributed by atoms with E-state index in [2.05, 4.69) is 4.98 Å². The molecule has 0 amide bonds. The molecule has 1 N–H and O–H groups in total. The Bertz CT molecular complexity index is 801. The summed E-state index contributed by atoms with van der Waals surface area (Å²) in [4.78, 5) is 37.1. The van der Waals surface area contributed by atoms with Crippen molar-refractivity contribution >= 4 is 5.78 Å². The van der Waals surface area contributed by atoms with Crippen LogP contribution >= 0.6 is 0 Å². The summed E-state index contributed by atoms with van der Waals surface area (Å²) in [5.41, 5.74) is -2.94. The van der Waals surface area contributed by atoms with Crippen LogP contribution in [0.4, 0.5) is 13.2 Å². The minimum absolute atomic E-state index is 0.0580. The summed E-state index contributed by atoms with van der Waals surface area (Å²) in [6.07, 6.45) is -3.54. The number of H-pyrrole nitrogens is 1. The largest absolute Gasteiger partial charge is 0.416 e. The molecule has 0 saturated carbocycles. The highest BCUT2D eigenvalue weighted by Gasteiger charge is 2.30. The van der Waals surface area contributed by atoms with Crippen LogP contribution in [0.1, 0.15) is 22.8 Å². The smallest absolute Gasteiger partial charge is 0.313 e.